The molecule has 1 aromatic rings. The largest absolute Gasteiger partial charge is 0.312 e. The topological polar surface area (TPSA) is 24.9 Å². The van der Waals surface area contributed by atoms with Gasteiger partial charge in [0.25, 0.3) is 0 Å². The molecule has 1 aliphatic carbocycles. The van der Waals surface area contributed by atoms with E-state index in [1.165, 1.54) is 34.8 Å². The van der Waals surface area contributed by atoms with Crippen LogP contribution in [0.3, 0.4) is 0 Å². The normalized spacial score (nSPS) is 15.6. The molecule has 4 heteroatoms. The van der Waals surface area contributed by atoms with E-state index in [0.29, 0.717) is 0 Å². The third-order valence-corrected chi connectivity index (χ3v) is 4.53. The second kappa shape index (κ2) is 6.03. The highest BCUT2D eigenvalue weighted by atomic mass is 32.2. The van der Waals surface area contributed by atoms with Crippen LogP contribution in [0.2, 0.25) is 0 Å². The molecule has 0 aromatic carbocycles. The second-order valence-corrected chi connectivity index (χ2v) is 6.33. The lowest BCUT2D eigenvalue weighted by Gasteiger charge is -2.01. The summed E-state index contributed by atoms with van der Waals surface area (Å²) in [6, 6.07) is 0. The van der Waals surface area contributed by atoms with Crippen molar-refractivity contribution in [3.05, 3.63) is 15.6 Å². The number of rotatable bonds is 7. The first-order valence-electron chi connectivity index (χ1n) is 6.03. The molecule has 1 N–H and O–H groups in total. The SMILES string of the molecule is CCCNCc1sc(CSC)nc1C1CC1. The Hall–Kier alpha value is -0.0600. The van der Waals surface area contributed by atoms with Crippen molar-refractivity contribution in [3.8, 4) is 0 Å². The molecule has 0 atom stereocenters. The maximum atomic E-state index is 4.80. The fourth-order valence-corrected chi connectivity index (χ4v) is 3.60. The van der Waals surface area contributed by atoms with Crippen molar-refractivity contribution in [2.24, 2.45) is 0 Å². The highest BCUT2D eigenvalue weighted by Crippen LogP contribution is 2.42. The van der Waals surface area contributed by atoms with E-state index in [4.69, 9.17) is 4.98 Å². The van der Waals surface area contributed by atoms with Crippen molar-refractivity contribution in [2.45, 2.75) is 44.4 Å². The Morgan fingerprint density at radius 3 is 2.94 bits per heavy atom. The molecule has 0 radical (unpaired) electrons. The van der Waals surface area contributed by atoms with Crippen LogP contribution in [-0.4, -0.2) is 17.8 Å². The van der Waals surface area contributed by atoms with E-state index in [1.807, 2.05) is 23.1 Å². The number of hydrogen-bond acceptors (Lipinski definition) is 4. The smallest absolute Gasteiger partial charge is 0.103 e. The van der Waals surface area contributed by atoms with E-state index in [0.717, 1.165) is 24.8 Å². The summed E-state index contributed by atoms with van der Waals surface area (Å²) in [7, 11) is 0. The summed E-state index contributed by atoms with van der Waals surface area (Å²) < 4.78 is 0. The van der Waals surface area contributed by atoms with Crippen LogP contribution in [-0.2, 0) is 12.3 Å². The van der Waals surface area contributed by atoms with Gasteiger partial charge < -0.3 is 5.32 Å². The molecule has 1 saturated carbocycles. The van der Waals surface area contributed by atoms with Gasteiger partial charge in [0.1, 0.15) is 5.01 Å². The van der Waals surface area contributed by atoms with E-state index in [1.54, 1.807) is 0 Å². The van der Waals surface area contributed by atoms with Gasteiger partial charge in [0, 0.05) is 23.1 Å². The number of aromatic nitrogens is 1. The fraction of sp³-hybridized carbons (Fsp3) is 0.750. The summed E-state index contributed by atoms with van der Waals surface area (Å²) in [6.45, 7) is 4.34. The van der Waals surface area contributed by atoms with Gasteiger partial charge in [-0.3, -0.25) is 0 Å². The van der Waals surface area contributed by atoms with Crippen LogP contribution in [0.5, 0.6) is 0 Å². The average molecular weight is 256 g/mol. The number of thiazole rings is 1. The van der Waals surface area contributed by atoms with Gasteiger partial charge in [-0.05, 0) is 32.1 Å². The maximum absolute atomic E-state index is 4.80. The molecule has 90 valence electrons. The van der Waals surface area contributed by atoms with Crippen molar-refractivity contribution in [1.29, 1.82) is 0 Å². The monoisotopic (exact) mass is 256 g/mol. The minimum Gasteiger partial charge on any atom is -0.312 e. The van der Waals surface area contributed by atoms with Crippen molar-refractivity contribution in [1.82, 2.24) is 10.3 Å². The Morgan fingerprint density at radius 1 is 1.50 bits per heavy atom. The van der Waals surface area contributed by atoms with Gasteiger partial charge in [0.2, 0.25) is 0 Å². The second-order valence-electron chi connectivity index (χ2n) is 4.30. The first-order valence-corrected chi connectivity index (χ1v) is 8.24. The molecule has 16 heavy (non-hydrogen) atoms. The lowest BCUT2D eigenvalue weighted by molar-refractivity contribution is 0.676. The van der Waals surface area contributed by atoms with E-state index in [9.17, 15) is 0 Å². The standard InChI is InChI=1S/C12H20N2S2/c1-3-6-13-7-10-12(9-4-5-9)14-11(16-10)8-15-2/h9,13H,3-8H2,1-2H3. The summed E-state index contributed by atoms with van der Waals surface area (Å²) in [4.78, 5) is 6.28. The summed E-state index contributed by atoms with van der Waals surface area (Å²) in [5.41, 5.74) is 1.40. The lowest BCUT2D eigenvalue weighted by atomic mass is 10.2. The molecule has 1 heterocycles. The van der Waals surface area contributed by atoms with Crippen molar-refractivity contribution < 1.29 is 0 Å². The molecule has 0 bridgehead atoms. The molecule has 2 nitrogen and oxygen atoms in total. The number of nitrogens with zero attached hydrogens (tertiary/aromatic N) is 1. The molecule has 0 saturated heterocycles. The van der Waals surface area contributed by atoms with Crippen molar-refractivity contribution in [3.63, 3.8) is 0 Å². The summed E-state index contributed by atoms with van der Waals surface area (Å²) in [5, 5.41) is 4.80. The Balaban J connectivity index is 2.01. The van der Waals surface area contributed by atoms with Gasteiger partial charge in [-0.1, -0.05) is 6.92 Å². The molecule has 0 spiro atoms. The van der Waals surface area contributed by atoms with Gasteiger partial charge in [0.15, 0.2) is 0 Å². The molecular weight excluding hydrogens is 236 g/mol. The number of nitrogens with one attached hydrogen (secondary N) is 1. The number of hydrogen-bond donors (Lipinski definition) is 1. The zero-order valence-corrected chi connectivity index (χ0v) is 11.7. The molecule has 0 unspecified atom stereocenters. The Labute approximate surface area is 106 Å². The van der Waals surface area contributed by atoms with Gasteiger partial charge in [-0.15, -0.1) is 11.3 Å². The highest BCUT2D eigenvalue weighted by molar-refractivity contribution is 7.97. The molecule has 2 rings (SSSR count). The molecule has 0 aliphatic heterocycles. The van der Waals surface area contributed by atoms with Crippen LogP contribution in [0.4, 0.5) is 0 Å². The van der Waals surface area contributed by atoms with Crippen molar-refractivity contribution in [2.75, 3.05) is 12.8 Å². The van der Waals surface area contributed by atoms with Gasteiger partial charge in [-0.25, -0.2) is 4.98 Å². The third kappa shape index (κ3) is 3.22. The summed E-state index contributed by atoms with van der Waals surface area (Å²) in [6.07, 6.45) is 6.05. The van der Waals surface area contributed by atoms with Gasteiger partial charge in [-0.2, -0.15) is 11.8 Å². The molecule has 0 amide bonds. The zero-order chi connectivity index (χ0) is 11.4. The molecule has 1 fully saturated rings. The van der Waals surface area contributed by atoms with E-state index >= 15 is 0 Å². The molecule has 1 aliphatic rings. The predicted molar refractivity (Wildman–Crippen MR) is 73.3 cm³/mol. The highest BCUT2D eigenvalue weighted by Gasteiger charge is 2.29. The predicted octanol–water partition coefficient (Wildman–Crippen LogP) is 3.38. The minimum absolute atomic E-state index is 0.783. The van der Waals surface area contributed by atoms with Crippen LogP contribution >= 0.6 is 23.1 Å². The molecular formula is C12H20N2S2. The van der Waals surface area contributed by atoms with Crippen LogP contribution in [0.25, 0.3) is 0 Å². The summed E-state index contributed by atoms with van der Waals surface area (Å²) in [5.74, 6) is 1.85. The fourth-order valence-electron chi connectivity index (χ4n) is 1.78. The maximum Gasteiger partial charge on any atom is 0.103 e. The van der Waals surface area contributed by atoms with Crippen LogP contribution in [0, 0.1) is 0 Å². The van der Waals surface area contributed by atoms with Gasteiger partial charge in [0.05, 0.1) is 5.69 Å². The third-order valence-electron chi connectivity index (χ3n) is 2.72. The van der Waals surface area contributed by atoms with Crippen LogP contribution < -0.4 is 5.32 Å². The Kier molecular flexibility index (Phi) is 4.67. The quantitative estimate of drug-likeness (QED) is 0.757. The average Bonchev–Trinajstić information content (AvgIpc) is 3.04. The Morgan fingerprint density at radius 2 is 2.31 bits per heavy atom. The van der Waals surface area contributed by atoms with Gasteiger partial charge >= 0.3 is 0 Å². The van der Waals surface area contributed by atoms with E-state index in [2.05, 4.69) is 18.5 Å². The lowest BCUT2D eigenvalue weighted by Crippen LogP contribution is -2.13. The zero-order valence-electron chi connectivity index (χ0n) is 10.1. The van der Waals surface area contributed by atoms with Crippen LogP contribution in [0.1, 0.15) is 47.7 Å². The molecule has 1 aromatic heterocycles. The minimum atomic E-state index is 0.783. The van der Waals surface area contributed by atoms with E-state index in [-0.39, 0.29) is 0 Å². The first-order chi connectivity index (χ1) is 7.85. The Bertz CT molecular complexity index is 332. The van der Waals surface area contributed by atoms with Crippen LogP contribution in [0.15, 0.2) is 0 Å². The number of thioether (sulfide) groups is 1. The van der Waals surface area contributed by atoms with Crippen molar-refractivity contribution >= 4 is 23.1 Å². The van der Waals surface area contributed by atoms with E-state index < -0.39 is 0 Å². The summed E-state index contributed by atoms with van der Waals surface area (Å²) >= 11 is 3.77. The first kappa shape index (κ1) is 12.4.